The predicted octanol–water partition coefficient (Wildman–Crippen LogP) is 6.05. The molecule has 0 nitrogen and oxygen atoms in total. The molecule has 0 bridgehead atoms. The fourth-order valence-corrected chi connectivity index (χ4v) is 1.08. The highest BCUT2D eigenvalue weighted by atomic mass is 13.9. The minimum absolute atomic E-state index is 1.06. The van der Waals surface area contributed by atoms with Crippen LogP contribution in [0, 0.1) is 0 Å². The van der Waals surface area contributed by atoms with Gasteiger partial charge in [-0.25, -0.2) is 0 Å². The van der Waals surface area contributed by atoms with E-state index in [-0.39, 0.29) is 0 Å². The quantitative estimate of drug-likeness (QED) is 0.564. The summed E-state index contributed by atoms with van der Waals surface area (Å²) in [6.45, 7) is 15.4. The first-order valence-corrected chi connectivity index (χ1v) is 6.55. The molecule has 18 heavy (non-hydrogen) atoms. The first kappa shape index (κ1) is 18.5. The molecule has 1 aromatic carbocycles. The van der Waals surface area contributed by atoms with Gasteiger partial charge in [0.25, 0.3) is 0 Å². The molecule has 0 atom stereocenters. The number of allylic oxidation sites excluding steroid dienone is 5. The summed E-state index contributed by atoms with van der Waals surface area (Å²) in [6.07, 6.45) is 9.56. The molecular formula is C18H26. The molecule has 0 aliphatic carbocycles. The van der Waals surface area contributed by atoms with Crippen LogP contribution in [0.3, 0.4) is 0 Å². The number of rotatable bonds is 4. The molecule has 0 aliphatic rings. The number of benzene rings is 1. The second-order valence-corrected chi connectivity index (χ2v) is 2.85. The zero-order chi connectivity index (χ0) is 14.2. The van der Waals surface area contributed by atoms with E-state index < -0.39 is 0 Å². The molecule has 0 fully saturated rings. The lowest BCUT2D eigenvalue weighted by molar-refractivity contribution is 1.50. The Morgan fingerprint density at radius 1 is 0.944 bits per heavy atom. The van der Waals surface area contributed by atoms with Crippen molar-refractivity contribution in [3.63, 3.8) is 0 Å². The van der Waals surface area contributed by atoms with Crippen LogP contribution in [0.2, 0.25) is 0 Å². The third-order valence-corrected chi connectivity index (χ3v) is 1.81. The standard InChI is InChI=1S/C14H14.2C2H6/c1-3-8-13(4-2)11-12-14-9-6-5-7-10-14;2*1-2/h3-12H,1-2H2;2*1-2H3/b12-11+,13-8+;;. The van der Waals surface area contributed by atoms with Crippen LogP contribution in [0.25, 0.3) is 6.08 Å². The summed E-state index contributed by atoms with van der Waals surface area (Å²) < 4.78 is 0. The molecule has 0 saturated carbocycles. The zero-order valence-electron chi connectivity index (χ0n) is 12.2. The van der Waals surface area contributed by atoms with Crippen LogP contribution in [0.5, 0.6) is 0 Å². The Morgan fingerprint density at radius 2 is 1.50 bits per heavy atom. The number of hydrogen-bond donors (Lipinski definition) is 0. The molecule has 0 heterocycles. The van der Waals surface area contributed by atoms with E-state index in [0.29, 0.717) is 0 Å². The Balaban J connectivity index is 0. The van der Waals surface area contributed by atoms with Gasteiger partial charge in [0.2, 0.25) is 0 Å². The Hall–Kier alpha value is -1.82. The smallest absolute Gasteiger partial charge is 0.0256 e. The van der Waals surface area contributed by atoms with Gasteiger partial charge in [-0.15, -0.1) is 0 Å². The normalized spacial score (nSPS) is 9.67. The maximum atomic E-state index is 3.72. The zero-order valence-corrected chi connectivity index (χ0v) is 12.2. The topological polar surface area (TPSA) is 0 Å². The van der Waals surface area contributed by atoms with Crippen LogP contribution in [-0.2, 0) is 0 Å². The van der Waals surface area contributed by atoms with Gasteiger partial charge in [-0.3, -0.25) is 0 Å². The van der Waals surface area contributed by atoms with Crippen LogP contribution < -0.4 is 0 Å². The molecule has 0 aliphatic heterocycles. The first-order chi connectivity index (χ1) is 8.86. The van der Waals surface area contributed by atoms with Gasteiger partial charge >= 0.3 is 0 Å². The molecule has 98 valence electrons. The van der Waals surface area contributed by atoms with Gasteiger partial charge in [-0.2, -0.15) is 0 Å². The van der Waals surface area contributed by atoms with Crippen LogP contribution in [-0.4, -0.2) is 0 Å². The molecule has 0 unspecified atom stereocenters. The molecule has 0 amide bonds. The van der Waals surface area contributed by atoms with Crippen molar-refractivity contribution in [1.29, 1.82) is 0 Å². The van der Waals surface area contributed by atoms with Gasteiger partial charge in [0.1, 0.15) is 0 Å². The summed E-state index contributed by atoms with van der Waals surface area (Å²) in [7, 11) is 0. The Kier molecular flexibility index (Phi) is 15.6. The summed E-state index contributed by atoms with van der Waals surface area (Å²) >= 11 is 0. The summed E-state index contributed by atoms with van der Waals surface area (Å²) in [6, 6.07) is 10.2. The van der Waals surface area contributed by atoms with Gasteiger partial charge in [0.15, 0.2) is 0 Å². The first-order valence-electron chi connectivity index (χ1n) is 6.55. The minimum atomic E-state index is 1.06. The van der Waals surface area contributed by atoms with E-state index in [2.05, 4.69) is 31.4 Å². The molecule has 0 saturated heterocycles. The molecule has 1 aromatic rings. The van der Waals surface area contributed by atoms with Crippen molar-refractivity contribution < 1.29 is 0 Å². The molecule has 0 radical (unpaired) electrons. The van der Waals surface area contributed by atoms with Crippen LogP contribution in [0.4, 0.5) is 0 Å². The lowest BCUT2D eigenvalue weighted by atomic mass is 10.1. The molecule has 1 rings (SSSR count). The Morgan fingerprint density at radius 3 is 1.94 bits per heavy atom. The molecule has 0 spiro atoms. The van der Waals surface area contributed by atoms with E-state index >= 15 is 0 Å². The monoisotopic (exact) mass is 242 g/mol. The van der Waals surface area contributed by atoms with Crippen LogP contribution in [0.1, 0.15) is 33.3 Å². The van der Waals surface area contributed by atoms with Crippen LogP contribution in [0.15, 0.2) is 73.4 Å². The van der Waals surface area contributed by atoms with Gasteiger partial charge in [-0.05, 0) is 11.1 Å². The van der Waals surface area contributed by atoms with E-state index in [0.717, 1.165) is 5.57 Å². The van der Waals surface area contributed by atoms with Crippen molar-refractivity contribution in [3.8, 4) is 0 Å². The maximum absolute atomic E-state index is 3.72. The Labute approximate surface area is 113 Å². The molecule has 0 heteroatoms. The summed E-state index contributed by atoms with van der Waals surface area (Å²) in [5.41, 5.74) is 2.24. The molecular weight excluding hydrogens is 216 g/mol. The average Bonchev–Trinajstić information content (AvgIpc) is 2.49. The van der Waals surface area contributed by atoms with E-state index in [1.807, 2.05) is 58.0 Å². The fraction of sp³-hybridized carbons (Fsp3) is 0.222. The second-order valence-electron chi connectivity index (χ2n) is 2.85. The number of hydrogen-bond acceptors (Lipinski definition) is 0. The van der Waals surface area contributed by atoms with Gasteiger partial charge < -0.3 is 0 Å². The third-order valence-electron chi connectivity index (χ3n) is 1.81. The van der Waals surface area contributed by atoms with Crippen molar-refractivity contribution in [3.05, 3.63) is 78.9 Å². The van der Waals surface area contributed by atoms with Crippen molar-refractivity contribution >= 4 is 6.08 Å². The highest BCUT2D eigenvalue weighted by Gasteiger charge is 1.84. The minimum Gasteiger partial charge on any atom is -0.0990 e. The van der Waals surface area contributed by atoms with Gasteiger partial charge in [0, 0.05) is 0 Å². The highest BCUT2D eigenvalue weighted by Crippen LogP contribution is 2.05. The van der Waals surface area contributed by atoms with Gasteiger partial charge in [-0.1, -0.05) is 102 Å². The van der Waals surface area contributed by atoms with Crippen molar-refractivity contribution in [2.75, 3.05) is 0 Å². The Bertz CT molecular complexity index is 353. The van der Waals surface area contributed by atoms with E-state index in [9.17, 15) is 0 Å². The maximum Gasteiger partial charge on any atom is -0.0256 e. The lowest BCUT2D eigenvalue weighted by Crippen LogP contribution is -1.71. The molecule has 0 N–H and O–H groups in total. The lowest BCUT2D eigenvalue weighted by Gasteiger charge is -1.92. The van der Waals surface area contributed by atoms with Crippen molar-refractivity contribution in [1.82, 2.24) is 0 Å². The van der Waals surface area contributed by atoms with Gasteiger partial charge in [0.05, 0.1) is 0 Å². The largest absolute Gasteiger partial charge is 0.0990 e. The molecule has 0 aromatic heterocycles. The SMILES string of the molecule is C=C/C=C(C=C)/C=C/c1ccccc1.CC.CC. The van der Waals surface area contributed by atoms with Crippen molar-refractivity contribution in [2.24, 2.45) is 0 Å². The second kappa shape index (κ2) is 15.2. The van der Waals surface area contributed by atoms with Crippen LogP contribution >= 0.6 is 0 Å². The van der Waals surface area contributed by atoms with E-state index in [1.54, 1.807) is 12.2 Å². The summed E-state index contributed by atoms with van der Waals surface area (Å²) in [4.78, 5) is 0. The van der Waals surface area contributed by atoms with E-state index in [4.69, 9.17) is 0 Å². The summed E-state index contributed by atoms with van der Waals surface area (Å²) in [5.74, 6) is 0. The predicted molar refractivity (Wildman–Crippen MR) is 86.6 cm³/mol. The van der Waals surface area contributed by atoms with E-state index in [1.165, 1.54) is 5.56 Å². The summed E-state index contributed by atoms with van der Waals surface area (Å²) in [5, 5.41) is 0. The fourth-order valence-electron chi connectivity index (χ4n) is 1.08. The average molecular weight is 242 g/mol. The third kappa shape index (κ3) is 9.41. The van der Waals surface area contributed by atoms with Crippen molar-refractivity contribution in [2.45, 2.75) is 27.7 Å². The highest BCUT2D eigenvalue weighted by molar-refractivity contribution is 5.54.